The van der Waals surface area contributed by atoms with Gasteiger partial charge in [0, 0.05) is 18.6 Å². The Bertz CT molecular complexity index is 754. The smallest absolute Gasteiger partial charge is 0.317 e. The number of aliphatic carboxylic acids is 1. The van der Waals surface area contributed by atoms with Crippen LogP contribution in [0.4, 0.5) is 9.18 Å². The Morgan fingerprint density at radius 3 is 2.38 bits per heavy atom. The number of carboxylic acids is 1. The first-order valence-corrected chi connectivity index (χ1v) is 8.41. The summed E-state index contributed by atoms with van der Waals surface area (Å²) in [4.78, 5) is 24.8. The van der Waals surface area contributed by atoms with Gasteiger partial charge in [0.15, 0.2) is 0 Å². The summed E-state index contributed by atoms with van der Waals surface area (Å²) in [5.41, 5.74) is 1.25. The van der Waals surface area contributed by atoms with E-state index in [1.54, 1.807) is 36.4 Å². The number of carbonyl (C=O) groups excluding carboxylic acids is 1. The van der Waals surface area contributed by atoms with Crippen LogP contribution < -0.4 is 5.32 Å². The lowest BCUT2D eigenvalue weighted by Crippen LogP contribution is -2.42. The fraction of sp³-hybridized carbons (Fsp3) is 0.263. The summed E-state index contributed by atoms with van der Waals surface area (Å²) in [6.07, 6.45) is 0. The predicted molar refractivity (Wildman–Crippen MR) is 97.7 cm³/mol. The molecule has 0 aliphatic heterocycles. The summed E-state index contributed by atoms with van der Waals surface area (Å²) in [6.45, 7) is 1.57. The van der Waals surface area contributed by atoms with Gasteiger partial charge in [0.25, 0.3) is 0 Å². The van der Waals surface area contributed by atoms with E-state index >= 15 is 0 Å². The Morgan fingerprint density at radius 2 is 1.81 bits per heavy atom. The molecule has 7 heteroatoms. The van der Waals surface area contributed by atoms with E-state index in [1.165, 1.54) is 31.0 Å². The van der Waals surface area contributed by atoms with E-state index in [1.807, 2.05) is 0 Å². The monoisotopic (exact) mass is 378 g/mol. The minimum Gasteiger partial charge on any atom is -0.481 e. The summed E-state index contributed by atoms with van der Waals surface area (Å²) < 4.78 is 13.7. The number of benzene rings is 2. The van der Waals surface area contributed by atoms with Gasteiger partial charge in [-0.1, -0.05) is 42.8 Å². The van der Waals surface area contributed by atoms with E-state index in [0.29, 0.717) is 16.1 Å². The molecule has 2 aromatic carbocycles. The van der Waals surface area contributed by atoms with Crippen LogP contribution in [0.1, 0.15) is 24.1 Å². The number of nitrogens with one attached hydrogen (secondary N) is 1. The number of hydrogen-bond acceptors (Lipinski definition) is 2. The Hall–Kier alpha value is -2.60. The zero-order valence-corrected chi connectivity index (χ0v) is 15.2. The van der Waals surface area contributed by atoms with E-state index in [9.17, 15) is 14.0 Å². The van der Waals surface area contributed by atoms with Crippen LogP contribution >= 0.6 is 11.6 Å². The van der Waals surface area contributed by atoms with Crippen LogP contribution in [0, 0.1) is 11.7 Å². The topological polar surface area (TPSA) is 69.6 Å². The molecule has 0 aliphatic rings. The van der Waals surface area contributed by atoms with Crippen molar-refractivity contribution in [2.75, 3.05) is 13.6 Å². The molecule has 2 aromatic rings. The van der Waals surface area contributed by atoms with Crippen LogP contribution in [-0.4, -0.2) is 35.6 Å². The molecule has 0 aromatic heterocycles. The highest BCUT2D eigenvalue weighted by Crippen LogP contribution is 2.25. The van der Waals surface area contributed by atoms with Gasteiger partial charge in [0.2, 0.25) is 0 Å². The molecule has 2 atom stereocenters. The molecule has 0 bridgehead atoms. The molecule has 2 unspecified atom stereocenters. The fourth-order valence-corrected chi connectivity index (χ4v) is 2.74. The Balaban J connectivity index is 2.27. The summed E-state index contributed by atoms with van der Waals surface area (Å²) in [5, 5.41) is 12.3. The molecule has 0 spiro atoms. The summed E-state index contributed by atoms with van der Waals surface area (Å²) >= 11 is 6.05. The Kier molecular flexibility index (Phi) is 6.58. The van der Waals surface area contributed by atoms with Crippen molar-refractivity contribution in [3.63, 3.8) is 0 Å². The second-order valence-corrected chi connectivity index (χ2v) is 6.55. The lowest BCUT2D eigenvalue weighted by Gasteiger charge is -2.25. The number of urea groups is 1. The standard InChI is InChI=1S/C19H20ClFN2O3/c1-12(18(24)25)11-23(2)19(26)22-17(13-5-3-7-15(20)9-13)14-6-4-8-16(21)10-14/h3-10,12,17H,11H2,1-2H3,(H,22,26)(H,24,25). The quantitative estimate of drug-likeness (QED) is 0.800. The molecule has 0 radical (unpaired) electrons. The van der Waals surface area contributed by atoms with Crippen molar-refractivity contribution < 1.29 is 19.1 Å². The first-order chi connectivity index (χ1) is 12.3. The van der Waals surface area contributed by atoms with Crippen molar-refractivity contribution in [1.82, 2.24) is 10.2 Å². The Labute approximate surface area is 156 Å². The van der Waals surface area contributed by atoms with Crippen molar-refractivity contribution in [2.24, 2.45) is 5.92 Å². The molecule has 0 saturated heterocycles. The molecule has 2 rings (SSSR count). The van der Waals surface area contributed by atoms with Gasteiger partial charge in [-0.15, -0.1) is 0 Å². The maximum Gasteiger partial charge on any atom is 0.317 e. The minimum absolute atomic E-state index is 0.0482. The third-order valence-electron chi connectivity index (χ3n) is 3.95. The predicted octanol–water partition coefficient (Wildman–Crippen LogP) is 3.93. The molecular weight excluding hydrogens is 359 g/mol. The van der Waals surface area contributed by atoms with Crippen LogP contribution in [-0.2, 0) is 4.79 Å². The van der Waals surface area contributed by atoms with Crippen LogP contribution in [0.15, 0.2) is 48.5 Å². The minimum atomic E-state index is -0.985. The summed E-state index contributed by atoms with van der Waals surface area (Å²) in [6, 6.07) is 11.7. The van der Waals surface area contributed by atoms with Gasteiger partial charge in [0.05, 0.1) is 12.0 Å². The molecule has 2 amide bonds. The maximum absolute atomic E-state index is 13.7. The third-order valence-corrected chi connectivity index (χ3v) is 4.18. The first-order valence-electron chi connectivity index (χ1n) is 8.03. The zero-order chi connectivity index (χ0) is 19.3. The number of rotatable bonds is 6. The van der Waals surface area contributed by atoms with Crippen molar-refractivity contribution >= 4 is 23.6 Å². The molecule has 0 fully saturated rings. The van der Waals surface area contributed by atoms with Crippen LogP contribution in [0.5, 0.6) is 0 Å². The van der Waals surface area contributed by atoms with Crippen molar-refractivity contribution in [2.45, 2.75) is 13.0 Å². The molecule has 0 saturated carbocycles. The molecule has 26 heavy (non-hydrogen) atoms. The highest BCUT2D eigenvalue weighted by atomic mass is 35.5. The number of halogens is 2. The lowest BCUT2D eigenvalue weighted by atomic mass is 9.98. The van der Waals surface area contributed by atoms with Crippen molar-refractivity contribution in [3.05, 3.63) is 70.5 Å². The lowest BCUT2D eigenvalue weighted by molar-refractivity contribution is -0.141. The molecular formula is C19H20ClFN2O3. The third kappa shape index (κ3) is 5.20. The molecule has 138 valence electrons. The van der Waals surface area contributed by atoms with E-state index in [-0.39, 0.29) is 6.54 Å². The average molecular weight is 379 g/mol. The van der Waals surface area contributed by atoms with Gasteiger partial charge >= 0.3 is 12.0 Å². The normalized spacial score (nSPS) is 12.9. The number of hydrogen-bond donors (Lipinski definition) is 2. The van der Waals surface area contributed by atoms with E-state index < -0.39 is 29.8 Å². The Morgan fingerprint density at radius 1 is 1.19 bits per heavy atom. The first kappa shape index (κ1) is 19.7. The summed E-state index contributed by atoms with van der Waals surface area (Å²) in [7, 11) is 1.51. The van der Waals surface area contributed by atoms with Gasteiger partial charge in [-0.25, -0.2) is 9.18 Å². The van der Waals surface area contributed by atoms with Gasteiger partial charge in [-0.2, -0.15) is 0 Å². The van der Waals surface area contributed by atoms with Crippen LogP contribution in [0.2, 0.25) is 5.02 Å². The molecule has 0 heterocycles. The molecule has 2 N–H and O–H groups in total. The van der Waals surface area contributed by atoms with E-state index in [0.717, 1.165) is 0 Å². The maximum atomic E-state index is 13.7. The SMILES string of the molecule is CC(CN(C)C(=O)NC(c1cccc(F)c1)c1cccc(Cl)c1)C(=O)O. The highest BCUT2D eigenvalue weighted by Gasteiger charge is 2.22. The van der Waals surface area contributed by atoms with E-state index in [4.69, 9.17) is 16.7 Å². The zero-order valence-electron chi connectivity index (χ0n) is 14.4. The number of carbonyl (C=O) groups is 2. The highest BCUT2D eigenvalue weighted by molar-refractivity contribution is 6.30. The van der Waals surface area contributed by atoms with Crippen molar-refractivity contribution in [1.29, 1.82) is 0 Å². The second-order valence-electron chi connectivity index (χ2n) is 6.11. The summed E-state index contributed by atoms with van der Waals surface area (Å²) in [5.74, 6) is -2.11. The number of amides is 2. The fourth-order valence-electron chi connectivity index (χ4n) is 2.54. The van der Waals surface area contributed by atoms with Crippen molar-refractivity contribution in [3.8, 4) is 0 Å². The van der Waals surface area contributed by atoms with Gasteiger partial charge < -0.3 is 15.3 Å². The molecule has 0 aliphatic carbocycles. The van der Waals surface area contributed by atoms with Gasteiger partial charge in [-0.05, 0) is 35.4 Å². The van der Waals surface area contributed by atoms with Gasteiger partial charge in [-0.3, -0.25) is 4.79 Å². The molecule has 5 nitrogen and oxygen atoms in total. The number of nitrogens with zero attached hydrogens (tertiary/aromatic N) is 1. The number of carboxylic acid groups (broad SMARTS) is 1. The second kappa shape index (κ2) is 8.67. The largest absolute Gasteiger partial charge is 0.481 e. The van der Waals surface area contributed by atoms with Crippen LogP contribution in [0.25, 0.3) is 0 Å². The van der Waals surface area contributed by atoms with Gasteiger partial charge in [0.1, 0.15) is 5.82 Å². The van der Waals surface area contributed by atoms with E-state index in [2.05, 4.69) is 5.32 Å². The average Bonchev–Trinajstić information content (AvgIpc) is 2.59. The van der Waals surface area contributed by atoms with Crippen LogP contribution in [0.3, 0.4) is 0 Å².